The molecule has 2 rings (SSSR count). The molecule has 0 bridgehead atoms. The first kappa shape index (κ1) is 14.9. The number of hydrogen-bond acceptors (Lipinski definition) is 2. The summed E-state index contributed by atoms with van der Waals surface area (Å²) in [5.74, 6) is 0.925. The van der Waals surface area contributed by atoms with Crippen molar-refractivity contribution < 1.29 is 4.74 Å². The van der Waals surface area contributed by atoms with E-state index >= 15 is 0 Å². The Kier molecular flexibility index (Phi) is 5.87. The quantitative estimate of drug-likeness (QED) is 0.728. The molecule has 1 N–H and O–H groups in total. The van der Waals surface area contributed by atoms with E-state index in [2.05, 4.69) is 42.6 Å². The number of nitrogens with one attached hydrogen (secondary N) is 1. The van der Waals surface area contributed by atoms with Crippen molar-refractivity contribution in [3.63, 3.8) is 0 Å². The number of ether oxygens (including phenoxy) is 1. The average Bonchev–Trinajstić information content (AvgIpc) is 2.50. The van der Waals surface area contributed by atoms with Gasteiger partial charge < -0.3 is 10.1 Å². The van der Waals surface area contributed by atoms with Crippen molar-refractivity contribution in [1.82, 2.24) is 5.32 Å². The van der Waals surface area contributed by atoms with Gasteiger partial charge in [0.2, 0.25) is 0 Å². The Morgan fingerprint density at radius 2 is 1.75 bits per heavy atom. The Morgan fingerprint density at radius 3 is 2.55 bits per heavy atom. The molecule has 2 aromatic rings. The molecule has 0 heterocycles. The van der Waals surface area contributed by atoms with Crippen molar-refractivity contribution in [3.05, 3.63) is 42.0 Å². The van der Waals surface area contributed by atoms with Gasteiger partial charge in [-0.2, -0.15) is 0 Å². The van der Waals surface area contributed by atoms with E-state index in [-0.39, 0.29) is 0 Å². The highest BCUT2D eigenvalue weighted by atomic mass is 16.5. The van der Waals surface area contributed by atoms with E-state index in [4.69, 9.17) is 4.74 Å². The predicted octanol–water partition coefficient (Wildman–Crippen LogP) is 4.17. The van der Waals surface area contributed by atoms with Crippen LogP contribution in [0.2, 0.25) is 0 Å². The summed E-state index contributed by atoms with van der Waals surface area (Å²) in [5, 5.41) is 5.92. The van der Waals surface area contributed by atoms with Crippen molar-refractivity contribution in [2.24, 2.45) is 0 Å². The fraction of sp³-hybridized carbons (Fsp3) is 0.444. The molecule has 0 atom stereocenters. The number of rotatable bonds is 8. The Hall–Kier alpha value is -1.54. The summed E-state index contributed by atoms with van der Waals surface area (Å²) in [7, 11) is 1.71. The summed E-state index contributed by atoms with van der Waals surface area (Å²) in [6.45, 7) is 4.38. The zero-order valence-corrected chi connectivity index (χ0v) is 12.6. The Bertz CT molecular complexity index is 536. The van der Waals surface area contributed by atoms with E-state index in [1.54, 1.807) is 7.11 Å². The minimum Gasteiger partial charge on any atom is -0.497 e. The maximum atomic E-state index is 5.26. The van der Waals surface area contributed by atoms with E-state index in [0.29, 0.717) is 0 Å². The molecule has 0 fully saturated rings. The second kappa shape index (κ2) is 7.91. The summed E-state index contributed by atoms with van der Waals surface area (Å²) < 4.78 is 5.26. The van der Waals surface area contributed by atoms with Gasteiger partial charge in [0, 0.05) is 0 Å². The largest absolute Gasteiger partial charge is 0.497 e. The van der Waals surface area contributed by atoms with Crippen LogP contribution >= 0.6 is 0 Å². The maximum absolute atomic E-state index is 5.26. The highest BCUT2D eigenvalue weighted by molar-refractivity contribution is 5.84. The first-order valence-corrected chi connectivity index (χ1v) is 7.61. The van der Waals surface area contributed by atoms with Gasteiger partial charge in [-0.15, -0.1) is 0 Å². The van der Waals surface area contributed by atoms with Gasteiger partial charge in [-0.05, 0) is 60.8 Å². The van der Waals surface area contributed by atoms with Crippen molar-refractivity contribution in [2.45, 2.75) is 32.6 Å². The van der Waals surface area contributed by atoms with Gasteiger partial charge in [0.05, 0.1) is 7.11 Å². The minimum absolute atomic E-state index is 0.925. The number of unbranched alkanes of at least 4 members (excludes halogenated alkanes) is 2. The molecule has 0 radical (unpaired) electrons. The highest BCUT2D eigenvalue weighted by Gasteiger charge is 1.99. The molecular formula is C18H25NO. The molecule has 0 aromatic heterocycles. The third-order valence-electron chi connectivity index (χ3n) is 3.68. The Balaban J connectivity index is 1.88. The van der Waals surface area contributed by atoms with E-state index in [9.17, 15) is 0 Å². The van der Waals surface area contributed by atoms with Crippen LogP contribution in [0, 0.1) is 0 Å². The average molecular weight is 271 g/mol. The summed E-state index contributed by atoms with van der Waals surface area (Å²) in [5.41, 5.74) is 1.44. The smallest absolute Gasteiger partial charge is 0.119 e. The van der Waals surface area contributed by atoms with E-state index in [1.807, 2.05) is 6.07 Å². The molecule has 0 aliphatic rings. The number of aryl methyl sites for hydroxylation is 1. The number of methoxy groups -OCH3 is 1. The van der Waals surface area contributed by atoms with Gasteiger partial charge in [0.25, 0.3) is 0 Å². The summed E-state index contributed by atoms with van der Waals surface area (Å²) in [6, 6.07) is 13.0. The molecule has 2 aromatic carbocycles. The summed E-state index contributed by atoms with van der Waals surface area (Å²) in [6.07, 6.45) is 5.02. The lowest BCUT2D eigenvalue weighted by Gasteiger charge is -2.06. The van der Waals surface area contributed by atoms with Gasteiger partial charge >= 0.3 is 0 Å². The summed E-state index contributed by atoms with van der Waals surface area (Å²) >= 11 is 0. The highest BCUT2D eigenvalue weighted by Crippen LogP contribution is 2.22. The lowest BCUT2D eigenvalue weighted by atomic mass is 10.0. The molecular weight excluding hydrogens is 246 g/mol. The van der Waals surface area contributed by atoms with Gasteiger partial charge in [-0.25, -0.2) is 0 Å². The fourth-order valence-corrected chi connectivity index (χ4v) is 2.49. The van der Waals surface area contributed by atoms with Crippen molar-refractivity contribution >= 4 is 10.8 Å². The number of fused-ring (bicyclic) bond motifs is 1. The van der Waals surface area contributed by atoms with Crippen LogP contribution in [-0.4, -0.2) is 20.2 Å². The van der Waals surface area contributed by atoms with Crippen molar-refractivity contribution in [2.75, 3.05) is 20.2 Å². The van der Waals surface area contributed by atoms with Crippen LogP contribution in [0.1, 0.15) is 31.7 Å². The summed E-state index contributed by atoms with van der Waals surface area (Å²) in [4.78, 5) is 0. The third-order valence-corrected chi connectivity index (χ3v) is 3.68. The standard InChI is InChI=1S/C18H25NO/c1-3-19-12-6-4-5-7-15-8-9-17-14-18(20-2)11-10-16(17)13-15/h8-11,13-14,19H,3-7,12H2,1-2H3. The maximum Gasteiger partial charge on any atom is 0.119 e. The van der Waals surface area contributed by atoms with Gasteiger partial charge in [-0.1, -0.05) is 37.6 Å². The molecule has 0 saturated heterocycles. The van der Waals surface area contributed by atoms with Crippen molar-refractivity contribution in [1.29, 1.82) is 0 Å². The molecule has 20 heavy (non-hydrogen) atoms. The van der Waals surface area contributed by atoms with Crippen molar-refractivity contribution in [3.8, 4) is 5.75 Å². The van der Waals surface area contributed by atoms with Crippen LogP contribution in [0.3, 0.4) is 0 Å². The third kappa shape index (κ3) is 4.24. The molecule has 0 spiro atoms. The second-order valence-corrected chi connectivity index (χ2v) is 5.21. The normalized spacial score (nSPS) is 10.9. The molecule has 0 amide bonds. The predicted molar refractivity (Wildman–Crippen MR) is 86.6 cm³/mol. The zero-order chi connectivity index (χ0) is 14.2. The Morgan fingerprint density at radius 1 is 0.950 bits per heavy atom. The lowest BCUT2D eigenvalue weighted by Crippen LogP contribution is -2.13. The fourth-order valence-electron chi connectivity index (χ4n) is 2.49. The van der Waals surface area contributed by atoms with E-state index in [1.165, 1.54) is 42.0 Å². The van der Waals surface area contributed by atoms with Crippen LogP contribution in [0.5, 0.6) is 5.75 Å². The van der Waals surface area contributed by atoms with E-state index in [0.717, 1.165) is 18.8 Å². The van der Waals surface area contributed by atoms with Crippen LogP contribution in [-0.2, 0) is 6.42 Å². The lowest BCUT2D eigenvalue weighted by molar-refractivity contribution is 0.415. The SMILES string of the molecule is CCNCCCCCc1ccc2cc(OC)ccc2c1. The Labute approximate surface area is 122 Å². The van der Waals surface area contributed by atoms with Crippen LogP contribution in [0.4, 0.5) is 0 Å². The molecule has 2 nitrogen and oxygen atoms in total. The molecule has 108 valence electrons. The molecule has 0 unspecified atom stereocenters. The van der Waals surface area contributed by atoms with Gasteiger partial charge in [0.1, 0.15) is 5.75 Å². The first-order chi connectivity index (χ1) is 9.83. The zero-order valence-electron chi connectivity index (χ0n) is 12.6. The minimum atomic E-state index is 0.925. The van der Waals surface area contributed by atoms with Crippen LogP contribution in [0.15, 0.2) is 36.4 Å². The van der Waals surface area contributed by atoms with Gasteiger partial charge in [-0.3, -0.25) is 0 Å². The van der Waals surface area contributed by atoms with Crippen LogP contribution in [0.25, 0.3) is 10.8 Å². The molecule has 2 heteroatoms. The second-order valence-electron chi connectivity index (χ2n) is 5.21. The van der Waals surface area contributed by atoms with E-state index < -0.39 is 0 Å². The number of benzene rings is 2. The topological polar surface area (TPSA) is 21.3 Å². The van der Waals surface area contributed by atoms with Gasteiger partial charge in [0.15, 0.2) is 0 Å². The monoisotopic (exact) mass is 271 g/mol. The molecule has 0 aliphatic heterocycles. The first-order valence-electron chi connectivity index (χ1n) is 7.61. The molecule has 0 aliphatic carbocycles. The number of hydrogen-bond donors (Lipinski definition) is 1. The van der Waals surface area contributed by atoms with Crippen LogP contribution < -0.4 is 10.1 Å². The molecule has 0 saturated carbocycles.